The Bertz CT molecular complexity index is 481. The van der Waals surface area contributed by atoms with Crippen molar-refractivity contribution in [2.24, 2.45) is 0 Å². The van der Waals surface area contributed by atoms with E-state index >= 15 is 0 Å². The monoisotopic (exact) mass is 228 g/mol. The van der Waals surface area contributed by atoms with E-state index in [1.165, 1.54) is 0 Å². The van der Waals surface area contributed by atoms with Crippen LogP contribution in [0.2, 0.25) is 0 Å². The molecular formula is C15H16O2. The van der Waals surface area contributed by atoms with E-state index in [-0.39, 0.29) is 13.2 Å². The van der Waals surface area contributed by atoms with Crippen LogP contribution in [-0.4, -0.2) is 16.8 Å². The minimum atomic E-state index is 0.00986. The highest BCUT2D eigenvalue weighted by atomic mass is 16.3. The molecule has 0 aliphatic heterocycles. The Labute approximate surface area is 101 Å². The molecule has 0 bridgehead atoms. The van der Waals surface area contributed by atoms with Gasteiger partial charge in [0.2, 0.25) is 0 Å². The molecule has 0 aromatic heterocycles. The molecule has 0 radical (unpaired) electrons. The van der Waals surface area contributed by atoms with Crippen molar-refractivity contribution >= 4 is 5.57 Å². The molecule has 1 aromatic carbocycles. The fourth-order valence-corrected chi connectivity index (χ4v) is 1.99. The summed E-state index contributed by atoms with van der Waals surface area (Å²) in [7, 11) is 0. The van der Waals surface area contributed by atoms with Gasteiger partial charge in [-0.3, -0.25) is 0 Å². The lowest BCUT2D eigenvalue weighted by atomic mass is 9.96. The van der Waals surface area contributed by atoms with Crippen LogP contribution < -0.4 is 0 Å². The van der Waals surface area contributed by atoms with Crippen LogP contribution in [0.5, 0.6) is 0 Å². The Morgan fingerprint density at radius 3 is 2.47 bits per heavy atom. The number of aliphatic hydroxyl groups excluding tert-OH is 2. The van der Waals surface area contributed by atoms with Crippen LogP contribution in [-0.2, 0) is 6.61 Å². The van der Waals surface area contributed by atoms with E-state index in [1.54, 1.807) is 0 Å². The van der Waals surface area contributed by atoms with Gasteiger partial charge in [-0.15, -0.1) is 0 Å². The first-order valence-corrected chi connectivity index (χ1v) is 5.73. The first-order valence-electron chi connectivity index (χ1n) is 5.73. The van der Waals surface area contributed by atoms with Crippen LogP contribution in [0.3, 0.4) is 0 Å². The second-order valence-electron chi connectivity index (χ2n) is 3.95. The van der Waals surface area contributed by atoms with E-state index in [4.69, 9.17) is 0 Å². The molecule has 2 rings (SSSR count). The summed E-state index contributed by atoms with van der Waals surface area (Å²) in [6.07, 6.45) is 8.91. The summed E-state index contributed by atoms with van der Waals surface area (Å²) in [4.78, 5) is 0. The molecule has 1 aliphatic rings. The van der Waals surface area contributed by atoms with Gasteiger partial charge in [0.15, 0.2) is 0 Å². The largest absolute Gasteiger partial charge is 0.392 e. The highest BCUT2D eigenvalue weighted by Gasteiger charge is 2.09. The average molecular weight is 228 g/mol. The van der Waals surface area contributed by atoms with E-state index < -0.39 is 0 Å². The fraction of sp³-hybridized carbons (Fsp3) is 0.200. The number of benzene rings is 1. The molecule has 0 unspecified atom stereocenters. The maximum atomic E-state index is 9.41. The summed E-state index contributed by atoms with van der Waals surface area (Å²) < 4.78 is 0. The summed E-state index contributed by atoms with van der Waals surface area (Å²) in [6, 6.07) is 7.73. The van der Waals surface area contributed by atoms with Crippen molar-refractivity contribution in [3.05, 3.63) is 65.3 Å². The molecule has 2 heteroatoms. The van der Waals surface area contributed by atoms with E-state index in [9.17, 15) is 10.2 Å². The van der Waals surface area contributed by atoms with Gasteiger partial charge in [-0.1, -0.05) is 48.6 Å². The third kappa shape index (κ3) is 2.54. The number of allylic oxidation sites excluding steroid dienone is 4. The lowest BCUT2D eigenvalue weighted by Crippen LogP contribution is -1.97. The first-order chi connectivity index (χ1) is 8.36. The van der Waals surface area contributed by atoms with E-state index in [1.807, 2.05) is 42.5 Å². The third-order valence-electron chi connectivity index (χ3n) is 2.87. The second kappa shape index (κ2) is 5.62. The van der Waals surface area contributed by atoms with Gasteiger partial charge in [-0.05, 0) is 28.7 Å². The van der Waals surface area contributed by atoms with Gasteiger partial charge in [0.05, 0.1) is 13.2 Å². The van der Waals surface area contributed by atoms with Gasteiger partial charge >= 0.3 is 0 Å². The van der Waals surface area contributed by atoms with Gasteiger partial charge in [0.1, 0.15) is 0 Å². The Morgan fingerprint density at radius 2 is 1.71 bits per heavy atom. The van der Waals surface area contributed by atoms with Crippen LogP contribution in [0.4, 0.5) is 0 Å². The highest BCUT2D eigenvalue weighted by Crippen LogP contribution is 2.26. The molecule has 0 amide bonds. The van der Waals surface area contributed by atoms with Crippen molar-refractivity contribution in [1.82, 2.24) is 0 Å². The van der Waals surface area contributed by atoms with Crippen LogP contribution in [0.25, 0.3) is 5.57 Å². The second-order valence-corrected chi connectivity index (χ2v) is 3.95. The predicted molar refractivity (Wildman–Crippen MR) is 69.3 cm³/mol. The summed E-state index contributed by atoms with van der Waals surface area (Å²) in [5.74, 6) is 0. The summed E-state index contributed by atoms with van der Waals surface area (Å²) in [5, 5.41) is 18.8. The summed E-state index contributed by atoms with van der Waals surface area (Å²) in [6.45, 7) is 0.0197. The smallest absolute Gasteiger partial charge is 0.0687 e. The summed E-state index contributed by atoms with van der Waals surface area (Å²) >= 11 is 0. The maximum Gasteiger partial charge on any atom is 0.0687 e. The molecule has 2 nitrogen and oxygen atoms in total. The van der Waals surface area contributed by atoms with Gasteiger partial charge in [-0.2, -0.15) is 0 Å². The van der Waals surface area contributed by atoms with Crippen LogP contribution >= 0.6 is 0 Å². The predicted octanol–water partition coefficient (Wildman–Crippen LogP) is 2.44. The average Bonchev–Trinajstić information content (AvgIpc) is 2.63. The minimum Gasteiger partial charge on any atom is -0.392 e. The molecule has 0 heterocycles. The molecule has 0 fully saturated rings. The zero-order valence-electron chi connectivity index (χ0n) is 9.63. The Balaban J connectivity index is 2.56. The number of rotatable bonds is 3. The van der Waals surface area contributed by atoms with E-state index in [0.717, 1.165) is 28.7 Å². The van der Waals surface area contributed by atoms with Crippen LogP contribution in [0.1, 0.15) is 17.5 Å². The Morgan fingerprint density at radius 1 is 0.941 bits per heavy atom. The molecule has 1 aliphatic carbocycles. The molecule has 0 atom stereocenters. The van der Waals surface area contributed by atoms with Crippen LogP contribution in [0.15, 0.2) is 54.1 Å². The fourth-order valence-electron chi connectivity index (χ4n) is 1.99. The standard InChI is InChI=1S/C15H16O2/c16-10-12-6-2-1-3-8-14(12)15-9-5-4-7-13(15)11-17/h2-9,16-17H,1,10-11H2. The topological polar surface area (TPSA) is 40.5 Å². The molecule has 2 N–H and O–H groups in total. The summed E-state index contributed by atoms with van der Waals surface area (Å²) in [5.41, 5.74) is 3.75. The number of aliphatic hydroxyl groups is 2. The minimum absolute atomic E-state index is 0.00986. The SMILES string of the molecule is OCC1=C(c2ccccc2CO)C=CCC=C1. The number of hydrogen-bond acceptors (Lipinski definition) is 2. The molecule has 0 saturated carbocycles. The van der Waals surface area contributed by atoms with Gasteiger partial charge in [-0.25, -0.2) is 0 Å². The Hall–Kier alpha value is -1.64. The zero-order chi connectivity index (χ0) is 12.1. The quantitative estimate of drug-likeness (QED) is 0.834. The lowest BCUT2D eigenvalue weighted by Gasteiger charge is -2.11. The first kappa shape index (κ1) is 11.8. The van der Waals surface area contributed by atoms with Crippen molar-refractivity contribution < 1.29 is 10.2 Å². The lowest BCUT2D eigenvalue weighted by molar-refractivity contribution is 0.281. The molecule has 88 valence electrons. The van der Waals surface area contributed by atoms with Crippen molar-refractivity contribution in [1.29, 1.82) is 0 Å². The zero-order valence-corrected chi connectivity index (χ0v) is 9.63. The van der Waals surface area contributed by atoms with Crippen molar-refractivity contribution in [2.75, 3.05) is 6.61 Å². The van der Waals surface area contributed by atoms with Gasteiger partial charge in [0, 0.05) is 0 Å². The molecule has 1 aromatic rings. The normalized spacial score (nSPS) is 15.2. The Kier molecular flexibility index (Phi) is 3.91. The van der Waals surface area contributed by atoms with Crippen molar-refractivity contribution in [2.45, 2.75) is 13.0 Å². The van der Waals surface area contributed by atoms with Crippen molar-refractivity contribution in [3.63, 3.8) is 0 Å². The van der Waals surface area contributed by atoms with Crippen LogP contribution in [0, 0.1) is 0 Å². The maximum absolute atomic E-state index is 9.41. The molecular weight excluding hydrogens is 212 g/mol. The molecule has 0 spiro atoms. The van der Waals surface area contributed by atoms with Gasteiger partial charge in [0.25, 0.3) is 0 Å². The molecule has 0 saturated heterocycles. The number of hydrogen-bond donors (Lipinski definition) is 2. The molecule has 17 heavy (non-hydrogen) atoms. The van der Waals surface area contributed by atoms with Gasteiger partial charge < -0.3 is 10.2 Å². The van der Waals surface area contributed by atoms with Crippen molar-refractivity contribution in [3.8, 4) is 0 Å². The highest BCUT2D eigenvalue weighted by molar-refractivity contribution is 5.80. The van der Waals surface area contributed by atoms with E-state index in [2.05, 4.69) is 6.08 Å². The van der Waals surface area contributed by atoms with E-state index in [0.29, 0.717) is 0 Å². The third-order valence-corrected chi connectivity index (χ3v) is 2.87.